The summed E-state index contributed by atoms with van der Waals surface area (Å²) in [6.45, 7) is 3.90. The Balaban J connectivity index is 2.28. The van der Waals surface area contributed by atoms with Crippen LogP contribution in [0, 0.1) is 25.5 Å². The lowest BCUT2D eigenvalue weighted by Crippen LogP contribution is -2.07. The van der Waals surface area contributed by atoms with E-state index in [9.17, 15) is 13.6 Å². The van der Waals surface area contributed by atoms with E-state index in [4.69, 9.17) is 11.6 Å². The fourth-order valence-electron chi connectivity index (χ4n) is 1.93. The summed E-state index contributed by atoms with van der Waals surface area (Å²) in [5.74, 6) is -2.07. The highest BCUT2D eigenvalue weighted by molar-refractivity contribution is 6.30. The van der Waals surface area contributed by atoms with E-state index in [1.54, 1.807) is 0 Å². The molecule has 0 aliphatic heterocycles. The maximum atomic E-state index is 13.7. The molecule has 0 radical (unpaired) electrons. The second-order valence-corrected chi connectivity index (χ2v) is 5.17. The lowest BCUT2D eigenvalue weighted by Gasteiger charge is -2.06. The number of benzene rings is 2. The topological polar surface area (TPSA) is 17.1 Å². The molecule has 0 bridgehead atoms. The minimum atomic E-state index is -0.801. The van der Waals surface area contributed by atoms with Gasteiger partial charge in [0, 0.05) is 6.42 Å². The minimum absolute atomic E-state index is 0.0269. The third-order valence-electron chi connectivity index (χ3n) is 3.25. The van der Waals surface area contributed by atoms with Crippen LogP contribution in [0.25, 0.3) is 0 Å². The summed E-state index contributed by atoms with van der Waals surface area (Å²) >= 11 is 5.46. The van der Waals surface area contributed by atoms with E-state index in [-0.39, 0.29) is 17.0 Å². The fourth-order valence-corrected chi connectivity index (χ4v) is 2.08. The first-order valence-electron chi connectivity index (χ1n) is 6.12. The van der Waals surface area contributed by atoms with E-state index in [0.717, 1.165) is 28.8 Å². The molecule has 0 spiro atoms. The van der Waals surface area contributed by atoms with Gasteiger partial charge in [-0.3, -0.25) is 4.79 Å². The van der Waals surface area contributed by atoms with Gasteiger partial charge in [0.25, 0.3) is 0 Å². The van der Waals surface area contributed by atoms with Crippen molar-refractivity contribution in [2.24, 2.45) is 0 Å². The molecule has 2 aromatic rings. The Bertz CT molecular complexity index is 680. The Morgan fingerprint density at radius 2 is 1.75 bits per heavy atom. The van der Waals surface area contributed by atoms with Gasteiger partial charge in [-0.05, 0) is 42.7 Å². The molecule has 0 amide bonds. The Labute approximate surface area is 121 Å². The van der Waals surface area contributed by atoms with Gasteiger partial charge in [0.1, 0.15) is 11.6 Å². The van der Waals surface area contributed by atoms with Crippen molar-refractivity contribution in [3.05, 3.63) is 69.2 Å². The standard InChI is InChI=1S/C16H13ClF2O/c1-9-3-4-11(5-10(9)2)6-16(20)12-7-15(19)13(17)8-14(12)18/h3-5,7-8H,6H2,1-2H3. The molecule has 0 saturated heterocycles. The van der Waals surface area contributed by atoms with E-state index < -0.39 is 17.4 Å². The summed E-state index contributed by atoms with van der Waals surface area (Å²) < 4.78 is 27.0. The number of rotatable bonds is 3. The first kappa shape index (κ1) is 14.7. The van der Waals surface area contributed by atoms with Gasteiger partial charge in [-0.1, -0.05) is 29.8 Å². The summed E-state index contributed by atoms with van der Waals surface area (Å²) in [7, 11) is 0. The Morgan fingerprint density at radius 1 is 1.05 bits per heavy atom. The van der Waals surface area contributed by atoms with Crippen LogP contribution in [-0.4, -0.2) is 5.78 Å². The summed E-state index contributed by atoms with van der Waals surface area (Å²) in [6, 6.07) is 7.25. The number of hydrogen-bond donors (Lipinski definition) is 0. The van der Waals surface area contributed by atoms with Crippen LogP contribution in [0.2, 0.25) is 5.02 Å². The highest BCUT2D eigenvalue weighted by Gasteiger charge is 2.16. The quantitative estimate of drug-likeness (QED) is 0.594. The number of halogens is 3. The third kappa shape index (κ3) is 3.05. The van der Waals surface area contributed by atoms with Crippen molar-refractivity contribution in [1.82, 2.24) is 0 Å². The smallest absolute Gasteiger partial charge is 0.170 e. The summed E-state index contributed by atoms with van der Waals surface area (Å²) in [5, 5.41) is -0.328. The normalized spacial score (nSPS) is 10.7. The zero-order valence-electron chi connectivity index (χ0n) is 11.1. The van der Waals surface area contributed by atoms with E-state index >= 15 is 0 Å². The number of aryl methyl sites for hydroxylation is 2. The highest BCUT2D eigenvalue weighted by Crippen LogP contribution is 2.21. The third-order valence-corrected chi connectivity index (χ3v) is 3.54. The molecule has 4 heteroatoms. The van der Waals surface area contributed by atoms with Crippen molar-refractivity contribution in [3.8, 4) is 0 Å². The van der Waals surface area contributed by atoms with Gasteiger partial charge in [-0.2, -0.15) is 0 Å². The number of Topliss-reactive ketones (excluding diaryl/α,β-unsaturated/α-hetero) is 1. The van der Waals surface area contributed by atoms with Crippen molar-refractivity contribution < 1.29 is 13.6 Å². The van der Waals surface area contributed by atoms with Gasteiger partial charge >= 0.3 is 0 Å². The first-order valence-corrected chi connectivity index (χ1v) is 6.50. The van der Waals surface area contributed by atoms with Crippen LogP contribution in [0.5, 0.6) is 0 Å². The van der Waals surface area contributed by atoms with Crippen LogP contribution < -0.4 is 0 Å². The van der Waals surface area contributed by atoms with Gasteiger partial charge in [-0.15, -0.1) is 0 Å². The van der Waals surface area contributed by atoms with Crippen molar-refractivity contribution in [2.45, 2.75) is 20.3 Å². The maximum absolute atomic E-state index is 13.7. The molecule has 0 aliphatic carbocycles. The lowest BCUT2D eigenvalue weighted by molar-refractivity contribution is 0.0988. The van der Waals surface area contributed by atoms with Crippen LogP contribution in [0.15, 0.2) is 30.3 Å². The van der Waals surface area contributed by atoms with Gasteiger partial charge < -0.3 is 0 Å². The molecular weight excluding hydrogens is 282 g/mol. The second kappa shape index (κ2) is 5.71. The molecule has 0 fully saturated rings. The molecular formula is C16H13ClF2O. The molecule has 1 nitrogen and oxygen atoms in total. The average molecular weight is 295 g/mol. The Hall–Kier alpha value is -1.74. The molecule has 2 aromatic carbocycles. The van der Waals surface area contributed by atoms with Crippen LogP contribution >= 0.6 is 11.6 Å². The molecule has 104 valence electrons. The molecule has 0 unspecified atom stereocenters. The van der Waals surface area contributed by atoms with Crippen molar-refractivity contribution in [3.63, 3.8) is 0 Å². The minimum Gasteiger partial charge on any atom is -0.294 e. The van der Waals surface area contributed by atoms with E-state index in [0.29, 0.717) is 0 Å². The molecule has 0 N–H and O–H groups in total. The first-order chi connectivity index (χ1) is 9.38. The van der Waals surface area contributed by atoms with Gasteiger partial charge in [0.15, 0.2) is 5.78 Å². The monoisotopic (exact) mass is 294 g/mol. The summed E-state index contributed by atoms with van der Waals surface area (Å²) in [6.07, 6.45) is 0.0269. The molecule has 0 saturated carbocycles. The largest absolute Gasteiger partial charge is 0.294 e. The summed E-state index contributed by atoms with van der Waals surface area (Å²) in [5.41, 5.74) is 2.67. The molecule has 0 heterocycles. The molecule has 20 heavy (non-hydrogen) atoms. The fraction of sp³-hybridized carbons (Fsp3) is 0.188. The van der Waals surface area contributed by atoms with E-state index in [1.165, 1.54) is 0 Å². The zero-order chi connectivity index (χ0) is 14.9. The molecule has 2 rings (SSSR count). The SMILES string of the molecule is Cc1ccc(CC(=O)c2cc(F)c(Cl)cc2F)cc1C. The molecule has 0 aliphatic rings. The number of hydrogen-bond acceptors (Lipinski definition) is 1. The molecule has 0 aromatic heterocycles. The Morgan fingerprint density at radius 3 is 2.40 bits per heavy atom. The van der Waals surface area contributed by atoms with Gasteiger partial charge in [0.2, 0.25) is 0 Å². The maximum Gasteiger partial charge on any atom is 0.170 e. The second-order valence-electron chi connectivity index (χ2n) is 4.76. The van der Waals surface area contributed by atoms with Gasteiger partial charge in [-0.25, -0.2) is 8.78 Å². The zero-order valence-corrected chi connectivity index (χ0v) is 11.9. The van der Waals surface area contributed by atoms with Crippen molar-refractivity contribution in [1.29, 1.82) is 0 Å². The van der Waals surface area contributed by atoms with Crippen molar-refractivity contribution in [2.75, 3.05) is 0 Å². The highest BCUT2D eigenvalue weighted by atomic mass is 35.5. The van der Waals surface area contributed by atoms with Crippen LogP contribution in [0.4, 0.5) is 8.78 Å². The lowest BCUT2D eigenvalue weighted by atomic mass is 9.99. The number of carbonyl (C=O) groups is 1. The predicted molar refractivity (Wildman–Crippen MR) is 75.3 cm³/mol. The average Bonchev–Trinajstić information content (AvgIpc) is 2.38. The predicted octanol–water partition coefficient (Wildman–Crippen LogP) is 4.66. The van der Waals surface area contributed by atoms with E-state index in [1.807, 2.05) is 32.0 Å². The van der Waals surface area contributed by atoms with E-state index in [2.05, 4.69) is 0 Å². The van der Waals surface area contributed by atoms with Crippen LogP contribution in [-0.2, 0) is 6.42 Å². The number of carbonyl (C=O) groups excluding carboxylic acids is 1. The molecule has 0 atom stereocenters. The Kier molecular flexibility index (Phi) is 4.19. The van der Waals surface area contributed by atoms with Crippen LogP contribution in [0.1, 0.15) is 27.0 Å². The van der Waals surface area contributed by atoms with Crippen molar-refractivity contribution >= 4 is 17.4 Å². The van der Waals surface area contributed by atoms with Crippen LogP contribution in [0.3, 0.4) is 0 Å². The summed E-state index contributed by atoms with van der Waals surface area (Å²) in [4.78, 5) is 12.0. The number of ketones is 1. The van der Waals surface area contributed by atoms with Gasteiger partial charge in [0.05, 0.1) is 10.6 Å².